The molecule has 0 aliphatic rings. The van der Waals surface area contributed by atoms with Gasteiger partial charge in [-0.25, -0.2) is 0 Å². The van der Waals surface area contributed by atoms with E-state index in [-0.39, 0.29) is 6.04 Å². The number of hydrogen-bond donors (Lipinski definition) is 1. The quantitative estimate of drug-likeness (QED) is 0.730. The third-order valence-electron chi connectivity index (χ3n) is 2.02. The van der Waals surface area contributed by atoms with Crippen molar-refractivity contribution in [2.45, 2.75) is 25.8 Å². The first kappa shape index (κ1) is 10.7. The number of hydrogen-bond acceptors (Lipinski definition) is 3. The van der Waals surface area contributed by atoms with E-state index in [9.17, 15) is 0 Å². The summed E-state index contributed by atoms with van der Waals surface area (Å²) in [7, 11) is 1.93. The van der Waals surface area contributed by atoms with Crippen molar-refractivity contribution in [3.8, 4) is 11.8 Å². The second kappa shape index (κ2) is 6.11. The Morgan fingerprint density at radius 3 is 2.93 bits per heavy atom. The highest BCUT2D eigenvalue weighted by molar-refractivity contribution is 5.04. The van der Waals surface area contributed by atoms with Gasteiger partial charge in [0.1, 0.15) is 0 Å². The van der Waals surface area contributed by atoms with E-state index in [0.717, 1.165) is 18.5 Å². The highest BCUT2D eigenvalue weighted by Crippen LogP contribution is 2.13. The van der Waals surface area contributed by atoms with Crippen molar-refractivity contribution >= 4 is 0 Å². The van der Waals surface area contributed by atoms with E-state index in [1.165, 1.54) is 0 Å². The van der Waals surface area contributed by atoms with E-state index in [0.29, 0.717) is 0 Å². The van der Waals surface area contributed by atoms with Crippen LogP contribution in [0, 0.1) is 11.8 Å². The summed E-state index contributed by atoms with van der Waals surface area (Å²) in [5, 5.41) is 3.21. The largest absolute Gasteiger partial charge is 0.312 e. The third kappa shape index (κ3) is 3.15. The van der Waals surface area contributed by atoms with Crippen LogP contribution in [0.25, 0.3) is 0 Å². The van der Waals surface area contributed by atoms with Crippen LogP contribution in [0.3, 0.4) is 0 Å². The smallest absolute Gasteiger partial charge is 0.0756 e. The van der Waals surface area contributed by atoms with Gasteiger partial charge in [-0.2, -0.15) is 0 Å². The first-order valence-corrected chi connectivity index (χ1v) is 4.71. The molecule has 0 aliphatic heterocycles. The molecule has 1 heterocycles. The van der Waals surface area contributed by atoms with E-state index in [1.807, 2.05) is 14.0 Å². The van der Waals surface area contributed by atoms with Crippen LogP contribution in [0.4, 0.5) is 0 Å². The van der Waals surface area contributed by atoms with E-state index in [1.54, 1.807) is 18.6 Å². The summed E-state index contributed by atoms with van der Waals surface area (Å²) in [6.45, 7) is 1.86. The number of rotatable bonds is 4. The first-order valence-electron chi connectivity index (χ1n) is 4.71. The fourth-order valence-corrected chi connectivity index (χ4v) is 1.27. The molecule has 0 saturated heterocycles. The molecule has 0 bridgehead atoms. The van der Waals surface area contributed by atoms with Gasteiger partial charge in [0.25, 0.3) is 0 Å². The van der Waals surface area contributed by atoms with Crippen LogP contribution in [0.1, 0.15) is 31.5 Å². The Morgan fingerprint density at radius 1 is 1.50 bits per heavy atom. The number of aromatic nitrogens is 2. The normalized spacial score (nSPS) is 11.6. The van der Waals surface area contributed by atoms with Gasteiger partial charge in [0.05, 0.1) is 11.7 Å². The third-order valence-corrected chi connectivity index (χ3v) is 2.02. The van der Waals surface area contributed by atoms with Gasteiger partial charge < -0.3 is 5.32 Å². The van der Waals surface area contributed by atoms with E-state index >= 15 is 0 Å². The summed E-state index contributed by atoms with van der Waals surface area (Å²) >= 11 is 0. The molecule has 1 unspecified atom stereocenters. The predicted molar refractivity (Wildman–Crippen MR) is 56.5 cm³/mol. The average molecular weight is 189 g/mol. The van der Waals surface area contributed by atoms with Crippen molar-refractivity contribution in [2.24, 2.45) is 0 Å². The zero-order valence-corrected chi connectivity index (χ0v) is 8.62. The molecule has 74 valence electrons. The Balaban J connectivity index is 2.57. The van der Waals surface area contributed by atoms with Gasteiger partial charge in [-0.1, -0.05) is 0 Å². The van der Waals surface area contributed by atoms with Crippen LogP contribution < -0.4 is 5.32 Å². The molecule has 1 atom stereocenters. The van der Waals surface area contributed by atoms with Crippen molar-refractivity contribution in [2.75, 3.05) is 7.05 Å². The zero-order chi connectivity index (χ0) is 10.2. The van der Waals surface area contributed by atoms with Crippen molar-refractivity contribution in [1.29, 1.82) is 0 Å². The molecule has 14 heavy (non-hydrogen) atoms. The number of nitrogens with one attached hydrogen (secondary N) is 1. The second-order valence-corrected chi connectivity index (χ2v) is 2.94. The molecule has 0 saturated carbocycles. The lowest BCUT2D eigenvalue weighted by Gasteiger charge is -2.12. The first-order chi connectivity index (χ1) is 6.88. The Bertz CT molecular complexity index is 310. The molecule has 3 heteroatoms. The Morgan fingerprint density at radius 2 is 2.36 bits per heavy atom. The van der Waals surface area contributed by atoms with Crippen molar-refractivity contribution in [3.05, 3.63) is 24.3 Å². The molecular weight excluding hydrogens is 174 g/mol. The standard InChI is InChI=1S/C11H15N3/c1-3-4-5-6-10(12-2)11-9-13-7-8-14-11/h7-10,12H,5-6H2,1-2H3. The molecule has 0 aromatic carbocycles. The summed E-state index contributed by atoms with van der Waals surface area (Å²) in [5.41, 5.74) is 0.980. The Labute approximate surface area is 85.0 Å². The maximum Gasteiger partial charge on any atom is 0.0756 e. The van der Waals surface area contributed by atoms with Crippen LogP contribution >= 0.6 is 0 Å². The maximum atomic E-state index is 4.26. The summed E-state index contributed by atoms with van der Waals surface area (Å²) < 4.78 is 0. The SMILES string of the molecule is CC#CCCC(NC)c1cnccn1. The number of nitrogens with zero attached hydrogens (tertiary/aromatic N) is 2. The van der Waals surface area contributed by atoms with Gasteiger partial charge >= 0.3 is 0 Å². The molecular formula is C11H15N3. The topological polar surface area (TPSA) is 37.8 Å². The van der Waals surface area contributed by atoms with E-state index < -0.39 is 0 Å². The van der Waals surface area contributed by atoms with Crippen LogP contribution in [0.2, 0.25) is 0 Å². The van der Waals surface area contributed by atoms with Crippen molar-refractivity contribution in [3.63, 3.8) is 0 Å². The van der Waals surface area contributed by atoms with Gasteiger partial charge in [-0.15, -0.1) is 11.8 Å². The van der Waals surface area contributed by atoms with Gasteiger partial charge in [-0.05, 0) is 20.4 Å². The monoisotopic (exact) mass is 189 g/mol. The average Bonchev–Trinajstić information content (AvgIpc) is 2.26. The maximum absolute atomic E-state index is 4.26. The van der Waals surface area contributed by atoms with Crippen LogP contribution in [-0.4, -0.2) is 17.0 Å². The van der Waals surface area contributed by atoms with E-state index in [4.69, 9.17) is 0 Å². The van der Waals surface area contributed by atoms with Crippen LogP contribution in [0.5, 0.6) is 0 Å². The fraction of sp³-hybridized carbons (Fsp3) is 0.455. The van der Waals surface area contributed by atoms with Crippen LogP contribution in [0.15, 0.2) is 18.6 Å². The molecule has 1 N–H and O–H groups in total. The molecule has 0 spiro atoms. The van der Waals surface area contributed by atoms with E-state index in [2.05, 4.69) is 27.1 Å². The molecule has 1 aromatic rings. The molecule has 3 nitrogen and oxygen atoms in total. The minimum absolute atomic E-state index is 0.254. The lowest BCUT2D eigenvalue weighted by atomic mass is 10.1. The minimum Gasteiger partial charge on any atom is -0.312 e. The molecule has 0 radical (unpaired) electrons. The van der Waals surface area contributed by atoms with Gasteiger partial charge in [0.2, 0.25) is 0 Å². The summed E-state index contributed by atoms with van der Waals surface area (Å²) in [6.07, 6.45) is 7.04. The lowest BCUT2D eigenvalue weighted by Crippen LogP contribution is -2.17. The lowest BCUT2D eigenvalue weighted by molar-refractivity contribution is 0.542. The molecule has 1 rings (SSSR count). The fourth-order valence-electron chi connectivity index (χ4n) is 1.27. The van der Waals surface area contributed by atoms with Crippen LogP contribution in [-0.2, 0) is 0 Å². The van der Waals surface area contributed by atoms with Gasteiger partial charge in [0, 0.05) is 25.0 Å². The Kier molecular flexibility index (Phi) is 4.66. The Hall–Kier alpha value is -1.40. The minimum atomic E-state index is 0.254. The summed E-state index contributed by atoms with van der Waals surface area (Å²) in [5.74, 6) is 5.93. The summed E-state index contributed by atoms with van der Waals surface area (Å²) in [6, 6.07) is 0.254. The zero-order valence-electron chi connectivity index (χ0n) is 8.62. The molecule has 0 amide bonds. The highest BCUT2D eigenvalue weighted by Gasteiger charge is 2.08. The van der Waals surface area contributed by atoms with Gasteiger partial charge in [-0.3, -0.25) is 9.97 Å². The highest BCUT2D eigenvalue weighted by atomic mass is 14.9. The molecule has 0 fully saturated rings. The predicted octanol–water partition coefficient (Wildman–Crippen LogP) is 1.54. The second-order valence-electron chi connectivity index (χ2n) is 2.94. The van der Waals surface area contributed by atoms with Crippen molar-refractivity contribution < 1.29 is 0 Å². The molecule has 0 aliphatic carbocycles. The summed E-state index contributed by atoms with van der Waals surface area (Å²) in [4.78, 5) is 8.30. The van der Waals surface area contributed by atoms with Gasteiger partial charge in [0.15, 0.2) is 0 Å². The molecule has 1 aromatic heterocycles. The van der Waals surface area contributed by atoms with Crippen molar-refractivity contribution in [1.82, 2.24) is 15.3 Å².